The highest BCUT2D eigenvalue weighted by atomic mass is 79.9. The Morgan fingerprint density at radius 3 is 2.92 bits per heavy atom. The van der Waals surface area contributed by atoms with Gasteiger partial charge in [0.15, 0.2) is 0 Å². The maximum atomic E-state index is 5.53. The number of hydrogen-bond donors (Lipinski definition) is 0. The van der Waals surface area contributed by atoms with Gasteiger partial charge in [-0.15, -0.1) is 0 Å². The average molecular weight is 242 g/mol. The summed E-state index contributed by atoms with van der Waals surface area (Å²) in [5, 5.41) is 0. The predicted octanol–water partition coefficient (Wildman–Crippen LogP) is 3.02. The highest BCUT2D eigenvalue weighted by Gasteiger charge is 2.20. The summed E-state index contributed by atoms with van der Waals surface area (Å²) in [5.74, 6) is 1.80. The molecule has 3 heteroatoms. The van der Waals surface area contributed by atoms with E-state index in [0.717, 1.165) is 22.9 Å². The third-order valence-electron chi connectivity index (χ3n) is 2.19. The molecule has 13 heavy (non-hydrogen) atoms. The molecule has 0 bridgehead atoms. The Morgan fingerprint density at radius 1 is 1.46 bits per heavy atom. The molecule has 2 rings (SSSR count). The molecule has 1 aromatic rings. The van der Waals surface area contributed by atoms with E-state index in [2.05, 4.69) is 20.9 Å². The van der Waals surface area contributed by atoms with Crippen molar-refractivity contribution >= 4 is 15.9 Å². The van der Waals surface area contributed by atoms with Crippen LogP contribution in [0.5, 0.6) is 5.75 Å². The Balaban J connectivity index is 1.76. The van der Waals surface area contributed by atoms with Gasteiger partial charge in [-0.25, -0.2) is 4.98 Å². The molecule has 0 saturated heterocycles. The summed E-state index contributed by atoms with van der Waals surface area (Å²) >= 11 is 3.28. The van der Waals surface area contributed by atoms with Crippen molar-refractivity contribution in [1.82, 2.24) is 4.98 Å². The fourth-order valence-electron chi connectivity index (χ4n) is 1.20. The van der Waals surface area contributed by atoms with Crippen LogP contribution in [0, 0.1) is 5.92 Å². The van der Waals surface area contributed by atoms with Crippen LogP contribution in [0.25, 0.3) is 0 Å². The van der Waals surface area contributed by atoms with E-state index in [1.165, 1.54) is 19.3 Å². The van der Waals surface area contributed by atoms with E-state index in [1.807, 2.05) is 12.1 Å². The first-order valence-electron chi connectivity index (χ1n) is 4.59. The maximum Gasteiger partial charge on any atom is 0.137 e. The number of halogens is 1. The molecule has 1 aliphatic carbocycles. The SMILES string of the molecule is Brc1ccc(OCCC2CC2)cn1. The zero-order chi connectivity index (χ0) is 9.10. The van der Waals surface area contributed by atoms with Crippen LogP contribution in [0.3, 0.4) is 0 Å². The predicted molar refractivity (Wildman–Crippen MR) is 54.8 cm³/mol. The normalized spacial score (nSPS) is 15.8. The van der Waals surface area contributed by atoms with Crippen LogP contribution >= 0.6 is 15.9 Å². The molecule has 2 nitrogen and oxygen atoms in total. The monoisotopic (exact) mass is 241 g/mol. The second-order valence-electron chi connectivity index (χ2n) is 3.40. The van der Waals surface area contributed by atoms with Crippen molar-refractivity contribution in [2.75, 3.05) is 6.61 Å². The van der Waals surface area contributed by atoms with Gasteiger partial charge in [-0.3, -0.25) is 0 Å². The molecule has 0 atom stereocenters. The lowest BCUT2D eigenvalue weighted by Gasteiger charge is -2.04. The van der Waals surface area contributed by atoms with Crippen LogP contribution < -0.4 is 4.74 Å². The largest absolute Gasteiger partial charge is 0.492 e. The highest BCUT2D eigenvalue weighted by Crippen LogP contribution is 2.32. The molecular weight excluding hydrogens is 230 g/mol. The van der Waals surface area contributed by atoms with E-state index < -0.39 is 0 Å². The fourth-order valence-corrected chi connectivity index (χ4v) is 1.43. The number of hydrogen-bond acceptors (Lipinski definition) is 2. The van der Waals surface area contributed by atoms with Crippen LogP contribution in [-0.4, -0.2) is 11.6 Å². The smallest absolute Gasteiger partial charge is 0.137 e. The van der Waals surface area contributed by atoms with Crippen LogP contribution in [0.15, 0.2) is 22.9 Å². The summed E-state index contributed by atoms with van der Waals surface area (Å²) < 4.78 is 6.38. The van der Waals surface area contributed by atoms with Gasteiger partial charge < -0.3 is 4.74 Å². The zero-order valence-electron chi connectivity index (χ0n) is 7.37. The molecule has 1 saturated carbocycles. The van der Waals surface area contributed by atoms with Gasteiger partial charge in [0.2, 0.25) is 0 Å². The van der Waals surface area contributed by atoms with Gasteiger partial charge in [0, 0.05) is 0 Å². The molecule has 1 aliphatic rings. The topological polar surface area (TPSA) is 22.1 Å². The molecule has 0 radical (unpaired) electrons. The van der Waals surface area contributed by atoms with E-state index in [1.54, 1.807) is 6.20 Å². The van der Waals surface area contributed by atoms with Gasteiger partial charge in [0.05, 0.1) is 12.8 Å². The molecule has 0 aliphatic heterocycles. The van der Waals surface area contributed by atoms with Crippen molar-refractivity contribution < 1.29 is 4.74 Å². The number of pyridine rings is 1. The van der Waals surface area contributed by atoms with Crippen molar-refractivity contribution in [1.29, 1.82) is 0 Å². The number of ether oxygens (including phenoxy) is 1. The summed E-state index contributed by atoms with van der Waals surface area (Å²) in [6.07, 6.45) is 5.72. The minimum Gasteiger partial charge on any atom is -0.492 e. The molecule has 1 fully saturated rings. The van der Waals surface area contributed by atoms with Gasteiger partial charge in [-0.1, -0.05) is 12.8 Å². The first-order valence-corrected chi connectivity index (χ1v) is 5.38. The van der Waals surface area contributed by atoms with E-state index in [-0.39, 0.29) is 0 Å². The first kappa shape index (κ1) is 9.00. The van der Waals surface area contributed by atoms with Crippen molar-refractivity contribution in [3.8, 4) is 5.75 Å². The molecule has 0 amide bonds. The third-order valence-corrected chi connectivity index (χ3v) is 2.66. The van der Waals surface area contributed by atoms with Crippen LogP contribution in [0.4, 0.5) is 0 Å². The highest BCUT2D eigenvalue weighted by molar-refractivity contribution is 9.10. The van der Waals surface area contributed by atoms with Crippen LogP contribution in [-0.2, 0) is 0 Å². The third kappa shape index (κ3) is 2.99. The molecule has 0 unspecified atom stereocenters. The second kappa shape index (κ2) is 4.09. The van der Waals surface area contributed by atoms with Crippen molar-refractivity contribution in [2.45, 2.75) is 19.3 Å². The lowest BCUT2D eigenvalue weighted by molar-refractivity contribution is 0.301. The summed E-state index contributed by atoms with van der Waals surface area (Å²) in [6.45, 7) is 0.827. The van der Waals surface area contributed by atoms with Gasteiger partial charge in [-0.05, 0) is 40.4 Å². The Bertz CT molecular complexity index is 269. The zero-order valence-corrected chi connectivity index (χ0v) is 8.96. The van der Waals surface area contributed by atoms with Gasteiger partial charge in [-0.2, -0.15) is 0 Å². The van der Waals surface area contributed by atoms with Gasteiger partial charge in [0.1, 0.15) is 10.4 Å². The molecule has 0 spiro atoms. The first-order chi connectivity index (χ1) is 6.34. The average Bonchev–Trinajstić information content (AvgIpc) is 2.92. The van der Waals surface area contributed by atoms with Gasteiger partial charge >= 0.3 is 0 Å². The molecule has 1 heterocycles. The van der Waals surface area contributed by atoms with E-state index in [9.17, 15) is 0 Å². The minimum atomic E-state index is 0.827. The molecule has 70 valence electrons. The lowest BCUT2D eigenvalue weighted by Crippen LogP contribution is -1.98. The molecule has 0 aromatic carbocycles. The Hall–Kier alpha value is -0.570. The Morgan fingerprint density at radius 2 is 2.31 bits per heavy atom. The second-order valence-corrected chi connectivity index (χ2v) is 4.21. The van der Waals surface area contributed by atoms with Gasteiger partial charge in [0.25, 0.3) is 0 Å². The quantitative estimate of drug-likeness (QED) is 0.757. The van der Waals surface area contributed by atoms with E-state index >= 15 is 0 Å². The maximum absolute atomic E-state index is 5.53. The lowest BCUT2D eigenvalue weighted by atomic mass is 10.3. The standard InChI is InChI=1S/C10H12BrNO/c11-10-4-3-9(7-12-10)13-6-5-8-1-2-8/h3-4,7-8H,1-2,5-6H2. The van der Waals surface area contributed by atoms with E-state index in [4.69, 9.17) is 4.74 Å². The molecule has 0 N–H and O–H groups in total. The summed E-state index contributed by atoms with van der Waals surface area (Å²) in [6, 6.07) is 3.83. The van der Waals surface area contributed by atoms with Crippen LogP contribution in [0.2, 0.25) is 0 Å². The Kier molecular flexibility index (Phi) is 2.83. The molecular formula is C10H12BrNO. The summed E-state index contributed by atoms with van der Waals surface area (Å²) in [7, 11) is 0. The summed E-state index contributed by atoms with van der Waals surface area (Å²) in [4.78, 5) is 4.08. The van der Waals surface area contributed by atoms with Crippen LogP contribution in [0.1, 0.15) is 19.3 Å². The van der Waals surface area contributed by atoms with Crippen molar-refractivity contribution in [3.05, 3.63) is 22.9 Å². The Labute approximate surface area is 86.5 Å². The number of aromatic nitrogens is 1. The van der Waals surface area contributed by atoms with E-state index in [0.29, 0.717) is 0 Å². The fraction of sp³-hybridized carbons (Fsp3) is 0.500. The summed E-state index contributed by atoms with van der Waals surface area (Å²) in [5.41, 5.74) is 0. The number of rotatable bonds is 4. The molecule has 1 aromatic heterocycles. The minimum absolute atomic E-state index is 0.827. The van der Waals surface area contributed by atoms with Crippen molar-refractivity contribution in [2.24, 2.45) is 5.92 Å². The number of nitrogens with zero attached hydrogens (tertiary/aromatic N) is 1. The van der Waals surface area contributed by atoms with Crippen molar-refractivity contribution in [3.63, 3.8) is 0 Å².